The molecule has 0 saturated carbocycles. The van der Waals surface area contributed by atoms with Crippen molar-refractivity contribution in [3.63, 3.8) is 0 Å². The van der Waals surface area contributed by atoms with Crippen LogP contribution in [0.2, 0.25) is 5.02 Å². The summed E-state index contributed by atoms with van der Waals surface area (Å²) in [6, 6.07) is 14.6. The smallest absolute Gasteiger partial charge is 0.325 e. The number of rotatable bonds is 5. The fraction of sp³-hybridized carbons (Fsp3) is 0.222. The average molecular weight is 376 g/mol. The van der Waals surface area contributed by atoms with Gasteiger partial charge in [0.05, 0.1) is 0 Å². The largest absolute Gasteiger partial charge is 0.325 e. The number of urea groups is 1. The molecular formula is C18H18ClN3O2S. The minimum Gasteiger partial charge on any atom is -0.325 e. The number of halogens is 1. The Morgan fingerprint density at radius 2 is 1.96 bits per heavy atom. The highest BCUT2D eigenvalue weighted by Crippen LogP contribution is 2.23. The average Bonchev–Trinajstić information content (AvgIpc) is 2.96. The van der Waals surface area contributed by atoms with E-state index in [1.54, 1.807) is 34.9 Å². The second-order valence-corrected chi connectivity index (χ2v) is 6.93. The van der Waals surface area contributed by atoms with E-state index in [4.69, 9.17) is 11.6 Å². The van der Waals surface area contributed by atoms with Crippen LogP contribution in [0, 0.1) is 0 Å². The Morgan fingerprint density at radius 3 is 2.64 bits per heavy atom. The Kier molecular flexibility index (Phi) is 5.50. The Labute approximate surface area is 155 Å². The zero-order valence-corrected chi connectivity index (χ0v) is 15.3. The van der Waals surface area contributed by atoms with Crippen molar-refractivity contribution < 1.29 is 9.59 Å². The minimum atomic E-state index is -0.210. The van der Waals surface area contributed by atoms with Crippen molar-refractivity contribution in [2.45, 2.75) is 4.90 Å². The molecule has 1 fully saturated rings. The fourth-order valence-corrected chi connectivity index (χ4v) is 3.25. The molecule has 0 spiro atoms. The number of thioether (sulfide) groups is 1. The number of hydrogen-bond donors (Lipinski definition) is 1. The van der Waals surface area contributed by atoms with Crippen molar-refractivity contribution in [3.05, 3.63) is 53.6 Å². The second kappa shape index (κ2) is 7.80. The number of anilines is 2. The normalized spacial score (nSPS) is 14.1. The molecular weight excluding hydrogens is 358 g/mol. The summed E-state index contributed by atoms with van der Waals surface area (Å²) in [7, 11) is 0. The summed E-state index contributed by atoms with van der Waals surface area (Å²) >= 11 is 7.63. The molecule has 3 amide bonds. The maximum Gasteiger partial charge on any atom is 0.325 e. The quantitative estimate of drug-likeness (QED) is 0.805. The molecule has 3 rings (SSSR count). The third-order valence-corrected chi connectivity index (χ3v) is 4.90. The minimum absolute atomic E-state index is 0.0280. The Morgan fingerprint density at radius 1 is 1.20 bits per heavy atom. The molecule has 2 aromatic carbocycles. The van der Waals surface area contributed by atoms with Gasteiger partial charge in [0, 0.05) is 34.4 Å². The van der Waals surface area contributed by atoms with Crippen LogP contribution in [0.25, 0.3) is 0 Å². The van der Waals surface area contributed by atoms with Gasteiger partial charge in [-0.3, -0.25) is 9.69 Å². The summed E-state index contributed by atoms with van der Waals surface area (Å²) in [4.78, 5) is 29.0. The summed E-state index contributed by atoms with van der Waals surface area (Å²) in [5.74, 6) is -0.210. The number of carbonyl (C=O) groups excluding carboxylic acids is 2. The molecule has 0 aromatic heterocycles. The van der Waals surface area contributed by atoms with E-state index in [0.29, 0.717) is 18.1 Å². The SMILES string of the molecule is CSc1ccc(NC(=O)CN2CCN(c3cccc(Cl)c3)C2=O)cc1. The van der Waals surface area contributed by atoms with Crippen molar-refractivity contribution in [1.82, 2.24) is 4.90 Å². The van der Waals surface area contributed by atoms with Crippen LogP contribution in [0.5, 0.6) is 0 Å². The molecule has 1 heterocycles. The standard InChI is InChI=1S/C18H18ClN3O2S/c1-25-16-7-5-14(6-8-16)20-17(23)12-21-9-10-22(18(21)24)15-4-2-3-13(19)11-15/h2-8,11H,9-10,12H2,1H3,(H,20,23). The Bertz CT molecular complexity index is 782. The summed E-state index contributed by atoms with van der Waals surface area (Å²) in [5, 5.41) is 3.40. The van der Waals surface area contributed by atoms with E-state index < -0.39 is 0 Å². The van der Waals surface area contributed by atoms with Crippen molar-refractivity contribution in [1.29, 1.82) is 0 Å². The van der Waals surface area contributed by atoms with Gasteiger partial charge in [-0.1, -0.05) is 17.7 Å². The first-order chi connectivity index (χ1) is 12.1. The van der Waals surface area contributed by atoms with Crippen molar-refractivity contribution >= 4 is 46.7 Å². The molecule has 1 aliphatic rings. The van der Waals surface area contributed by atoms with Gasteiger partial charge in [-0.05, 0) is 48.7 Å². The van der Waals surface area contributed by atoms with E-state index in [-0.39, 0.29) is 18.5 Å². The predicted octanol–water partition coefficient (Wildman–Crippen LogP) is 3.94. The van der Waals surface area contributed by atoms with Crippen LogP contribution in [-0.4, -0.2) is 42.7 Å². The number of hydrogen-bond acceptors (Lipinski definition) is 3. The van der Waals surface area contributed by atoms with Crippen molar-refractivity contribution in [2.24, 2.45) is 0 Å². The molecule has 7 heteroatoms. The number of carbonyl (C=O) groups is 2. The summed E-state index contributed by atoms with van der Waals surface area (Å²) in [6.07, 6.45) is 2.00. The number of amides is 3. The molecule has 0 unspecified atom stereocenters. The molecule has 0 bridgehead atoms. The van der Waals surface area contributed by atoms with E-state index in [1.807, 2.05) is 36.6 Å². The van der Waals surface area contributed by atoms with Crippen LogP contribution in [0.15, 0.2) is 53.4 Å². The lowest BCUT2D eigenvalue weighted by atomic mass is 10.3. The predicted molar refractivity (Wildman–Crippen MR) is 103 cm³/mol. The van der Waals surface area contributed by atoms with Gasteiger partial charge in [0.25, 0.3) is 0 Å². The molecule has 1 saturated heterocycles. The lowest BCUT2D eigenvalue weighted by Gasteiger charge is -2.18. The molecule has 25 heavy (non-hydrogen) atoms. The Balaban J connectivity index is 1.59. The van der Waals surface area contributed by atoms with Crippen LogP contribution < -0.4 is 10.2 Å². The monoisotopic (exact) mass is 375 g/mol. The topological polar surface area (TPSA) is 52.7 Å². The first-order valence-corrected chi connectivity index (χ1v) is 9.43. The lowest BCUT2D eigenvalue weighted by Crippen LogP contribution is -2.37. The molecule has 1 N–H and O–H groups in total. The highest BCUT2D eigenvalue weighted by Gasteiger charge is 2.30. The number of benzene rings is 2. The molecule has 5 nitrogen and oxygen atoms in total. The van der Waals surface area contributed by atoms with Gasteiger partial charge in [0.2, 0.25) is 5.91 Å². The lowest BCUT2D eigenvalue weighted by molar-refractivity contribution is -0.116. The maximum atomic E-state index is 12.5. The van der Waals surface area contributed by atoms with Gasteiger partial charge in [-0.25, -0.2) is 4.79 Å². The van der Waals surface area contributed by atoms with Crippen LogP contribution in [0.4, 0.5) is 16.2 Å². The maximum absolute atomic E-state index is 12.5. The molecule has 2 aromatic rings. The molecule has 0 aliphatic carbocycles. The first-order valence-electron chi connectivity index (χ1n) is 7.83. The Hall–Kier alpha value is -2.18. The van der Waals surface area contributed by atoms with Crippen LogP contribution in [0.3, 0.4) is 0 Å². The van der Waals surface area contributed by atoms with E-state index >= 15 is 0 Å². The molecule has 0 radical (unpaired) electrons. The van der Waals surface area contributed by atoms with Gasteiger partial charge in [-0.2, -0.15) is 0 Å². The highest BCUT2D eigenvalue weighted by molar-refractivity contribution is 7.98. The first kappa shape index (κ1) is 17.6. The summed E-state index contributed by atoms with van der Waals surface area (Å²) in [5.41, 5.74) is 1.47. The van der Waals surface area contributed by atoms with E-state index in [9.17, 15) is 9.59 Å². The molecule has 1 aliphatic heterocycles. The van der Waals surface area contributed by atoms with Gasteiger partial charge in [-0.15, -0.1) is 11.8 Å². The van der Waals surface area contributed by atoms with Crippen molar-refractivity contribution in [3.8, 4) is 0 Å². The van der Waals surface area contributed by atoms with Crippen LogP contribution in [-0.2, 0) is 4.79 Å². The van der Waals surface area contributed by atoms with Gasteiger partial charge in [0.1, 0.15) is 6.54 Å². The molecule has 0 atom stereocenters. The highest BCUT2D eigenvalue weighted by atomic mass is 35.5. The van der Waals surface area contributed by atoms with Gasteiger partial charge in [0.15, 0.2) is 0 Å². The second-order valence-electron chi connectivity index (χ2n) is 5.61. The molecule has 130 valence electrons. The number of nitrogens with one attached hydrogen (secondary N) is 1. The van der Waals surface area contributed by atoms with E-state index in [2.05, 4.69) is 5.32 Å². The van der Waals surface area contributed by atoms with Gasteiger partial charge < -0.3 is 10.2 Å². The summed E-state index contributed by atoms with van der Waals surface area (Å²) in [6.45, 7) is 1.07. The van der Waals surface area contributed by atoms with Crippen LogP contribution >= 0.6 is 23.4 Å². The van der Waals surface area contributed by atoms with Crippen LogP contribution in [0.1, 0.15) is 0 Å². The van der Waals surface area contributed by atoms with Gasteiger partial charge >= 0.3 is 6.03 Å². The summed E-state index contributed by atoms with van der Waals surface area (Å²) < 4.78 is 0. The van der Waals surface area contributed by atoms with E-state index in [1.165, 1.54) is 4.90 Å². The van der Waals surface area contributed by atoms with E-state index in [0.717, 1.165) is 16.3 Å². The fourth-order valence-electron chi connectivity index (χ4n) is 2.66. The number of nitrogens with zero attached hydrogens (tertiary/aromatic N) is 2. The third kappa shape index (κ3) is 4.27. The zero-order valence-electron chi connectivity index (χ0n) is 13.7. The van der Waals surface area contributed by atoms with Crippen molar-refractivity contribution in [2.75, 3.05) is 36.1 Å². The zero-order chi connectivity index (χ0) is 17.8. The third-order valence-electron chi connectivity index (χ3n) is 3.92.